The van der Waals surface area contributed by atoms with E-state index in [2.05, 4.69) is 10.00 Å². The van der Waals surface area contributed by atoms with Crippen LogP contribution in [0.4, 0.5) is 22.1 Å². The zero-order valence-electron chi connectivity index (χ0n) is 20.0. The average Bonchev–Trinajstić information content (AvgIpc) is 3.50. The number of carboxylic acid groups (broad SMARTS) is 1. The highest BCUT2D eigenvalue weighted by molar-refractivity contribution is 7.87. The molecule has 1 N–H and O–H groups in total. The summed E-state index contributed by atoms with van der Waals surface area (Å²) in [5.41, 5.74) is 4.75. The number of methoxy groups -OCH3 is 1. The lowest BCUT2D eigenvalue weighted by molar-refractivity contribution is -0.698. The van der Waals surface area contributed by atoms with Crippen LogP contribution in [0.5, 0.6) is 5.75 Å². The van der Waals surface area contributed by atoms with Gasteiger partial charge in [-0.25, -0.2) is 14.0 Å². The van der Waals surface area contributed by atoms with Gasteiger partial charge in [-0.2, -0.15) is 13.2 Å². The van der Waals surface area contributed by atoms with Gasteiger partial charge in [-0.3, -0.25) is 0 Å². The Morgan fingerprint density at radius 1 is 1.14 bits per heavy atom. The minimum atomic E-state index is -4.16. The summed E-state index contributed by atoms with van der Waals surface area (Å²) in [6.07, 6.45) is 1.03. The first-order valence-electron chi connectivity index (χ1n) is 11.2. The van der Waals surface area contributed by atoms with E-state index in [9.17, 15) is 18.3 Å². The molecule has 2 aromatic heterocycles. The Morgan fingerprint density at radius 3 is 2.57 bits per heavy atom. The Balaban J connectivity index is 1.52. The molecular weight excluding hydrogens is 472 g/mol. The van der Waals surface area contributed by atoms with Crippen LogP contribution in [0.3, 0.4) is 0 Å². The summed E-state index contributed by atoms with van der Waals surface area (Å²) < 4.78 is 32.9. The molecule has 1 saturated heterocycles. The lowest BCUT2D eigenvalue weighted by Crippen LogP contribution is -2.51. The number of fused-ring (bicyclic) bond motifs is 1. The predicted molar refractivity (Wildman–Crippen MR) is 130 cm³/mol. The van der Waals surface area contributed by atoms with Crippen LogP contribution in [-0.4, -0.2) is 72.1 Å². The van der Waals surface area contributed by atoms with Crippen molar-refractivity contribution in [2.75, 3.05) is 43.0 Å². The number of hydrogen-bond acceptors (Lipinski definition) is 7. The summed E-state index contributed by atoms with van der Waals surface area (Å²) in [4.78, 5) is 18.6. The second kappa shape index (κ2) is 7.95. The third-order valence-corrected chi connectivity index (χ3v) is 9.03. The summed E-state index contributed by atoms with van der Waals surface area (Å²) >= 11 is 0. The van der Waals surface area contributed by atoms with E-state index in [0.717, 1.165) is 57.0 Å². The van der Waals surface area contributed by atoms with Crippen molar-refractivity contribution < 1.29 is 26.9 Å². The SMILES string of the molecule is COc1ccc(N2CCc3c(-n4ccc(N5CC[N+](C)(C(=O)O)S5(=O)=O)n4)cc(C)nc32)c(C)c1. The number of aryl methyl sites for hydroxylation is 2. The number of pyridine rings is 1. The van der Waals surface area contributed by atoms with Gasteiger partial charge in [0, 0.05) is 35.8 Å². The zero-order valence-corrected chi connectivity index (χ0v) is 20.8. The van der Waals surface area contributed by atoms with E-state index in [4.69, 9.17) is 9.72 Å². The second-order valence-corrected chi connectivity index (χ2v) is 11.1. The van der Waals surface area contributed by atoms with Crippen molar-refractivity contribution in [1.29, 1.82) is 0 Å². The quantitative estimate of drug-likeness (QED) is 0.545. The zero-order chi connectivity index (χ0) is 25.1. The van der Waals surface area contributed by atoms with Gasteiger partial charge in [0.15, 0.2) is 5.82 Å². The van der Waals surface area contributed by atoms with Crippen LogP contribution >= 0.6 is 0 Å². The van der Waals surface area contributed by atoms with Crippen LogP contribution in [0.15, 0.2) is 36.5 Å². The van der Waals surface area contributed by atoms with E-state index in [-0.39, 0.29) is 18.9 Å². The van der Waals surface area contributed by atoms with Gasteiger partial charge >= 0.3 is 16.3 Å². The fourth-order valence-electron chi connectivity index (χ4n) is 4.69. The lowest BCUT2D eigenvalue weighted by atomic mass is 10.1. The molecular formula is C23H27N6O5S+. The smallest absolute Gasteiger partial charge is 0.497 e. The van der Waals surface area contributed by atoms with Crippen molar-refractivity contribution in [2.45, 2.75) is 20.3 Å². The maximum Gasteiger partial charge on any atom is 0.530 e. The number of aromatic nitrogens is 3. The largest absolute Gasteiger partial charge is 0.530 e. The molecule has 5 rings (SSSR count). The van der Waals surface area contributed by atoms with E-state index < -0.39 is 20.2 Å². The van der Waals surface area contributed by atoms with E-state index in [1.54, 1.807) is 24.1 Å². The van der Waals surface area contributed by atoms with Crippen molar-refractivity contribution >= 4 is 33.6 Å². The molecule has 11 nitrogen and oxygen atoms in total. The fraction of sp³-hybridized carbons (Fsp3) is 0.348. The Morgan fingerprint density at radius 2 is 1.91 bits per heavy atom. The number of anilines is 3. The molecule has 0 bridgehead atoms. The van der Waals surface area contributed by atoms with Crippen LogP contribution in [-0.2, 0) is 16.6 Å². The minimum absolute atomic E-state index is 0.0418. The molecule has 0 aliphatic carbocycles. The van der Waals surface area contributed by atoms with Crippen molar-refractivity contribution in [3.8, 4) is 11.4 Å². The van der Waals surface area contributed by atoms with E-state index in [1.807, 2.05) is 38.1 Å². The topological polar surface area (TPSA) is 118 Å². The first-order chi connectivity index (χ1) is 16.6. The molecule has 184 valence electrons. The van der Waals surface area contributed by atoms with Crippen LogP contribution in [0.1, 0.15) is 16.8 Å². The van der Waals surface area contributed by atoms with Gasteiger partial charge in [0.1, 0.15) is 18.1 Å². The summed E-state index contributed by atoms with van der Waals surface area (Å²) in [5, 5.41) is 14.0. The Bertz CT molecular complexity index is 1450. The molecule has 1 amide bonds. The van der Waals surface area contributed by atoms with Crippen molar-refractivity contribution in [1.82, 2.24) is 14.8 Å². The predicted octanol–water partition coefficient (Wildman–Crippen LogP) is 2.78. The van der Waals surface area contributed by atoms with Crippen LogP contribution in [0, 0.1) is 13.8 Å². The van der Waals surface area contributed by atoms with Crippen LogP contribution in [0.25, 0.3) is 5.69 Å². The van der Waals surface area contributed by atoms with E-state index in [1.165, 1.54) is 7.05 Å². The third kappa shape index (κ3) is 3.43. The van der Waals surface area contributed by atoms with Gasteiger partial charge < -0.3 is 14.7 Å². The molecule has 12 heteroatoms. The third-order valence-electron chi connectivity index (χ3n) is 6.74. The monoisotopic (exact) mass is 499 g/mol. The molecule has 0 saturated carbocycles. The fourth-order valence-corrected chi connectivity index (χ4v) is 6.29. The first kappa shape index (κ1) is 23.1. The summed E-state index contributed by atoms with van der Waals surface area (Å²) in [6.45, 7) is 4.66. The number of nitrogens with zero attached hydrogens (tertiary/aromatic N) is 6. The molecule has 1 fully saturated rings. The maximum atomic E-state index is 13.0. The number of quaternary nitrogens is 1. The Labute approximate surface area is 203 Å². The van der Waals surface area contributed by atoms with Gasteiger partial charge in [0.25, 0.3) is 0 Å². The van der Waals surface area contributed by atoms with Gasteiger partial charge in [-0.05, 0) is 50.1 Å². The van der Waals surface area contributed by atoms with Gasteiger partial charge in [0.2, 0.25) is 0 Å². The molecule has 4 heterocycles. The van der Waals surface area contributed by atoms with Crippen molar-refractivity contribution in [3.63, 3.8) is 0 Å². The molecule has 2 aliphatic rings. The number of likely N-dealkylation sites (N-methyl/N-ethyl adjacent to an activating group) is 1. The number of carbonyl (C=O) groups is 1. The van der Waals surface area contributed by atoms with Crippen LogP contribution in [0.2, 0.25) is 0 Å². The highest BCUT2D eigenvalue weighted by atomic mass is 32.2. The molecule has 1 unspecified atom stereocenters. The number of benzene rings is 1. The molecule has 0 radical (unpaired) electrons. The van der Waals surface area contributed by atoms with Crippen molar-refractivity contribution in [2.24, 2.45) is 0 Å². The lowest BCUT2D eigenvalue weighted by Gasteiger charge is -2.22. The van der Waals surface area contributed by atoms with Gasteiger partial charge in [-0.15, -0.1) is 8.99 Å². The minimum Gasteiger partial charge on any atom is -0.497 e. The second-order valence-electron chi connectivity index (χ2n) is 8.91. The summed E-state index contributed by atoms with van der Waals surface area (Å²) in [6, 6.07) is 9.46. The first-order valence-corrected chi connectivity index (χ1v) is 12.6. The maximum absolute atomic E-state index is 13.0. The standard InChI is InChI=1S/C23H26N6O5S/c1-15-13-17(34-4)5-6-19(15)26-9-7-18-20(14-16(2)24-22(18)26)27-10-8-21(25-27)28-11-12-29(3,23(30)31)35(28,32)33/h5-6,8,10,13-14H,7,9,11-12H2,1-4H3/p+1. The van der Waals surface area contributed by atoms with Gasteiger partial charge in [0.05, 0.1) is 26.4 Å². The van der Waals surface area contributed by atoms with Crippen molar-refractivity contribution in [3.05, 3.63) is 53.3 Å². The number of rotatable bonds is 4. The number of amides is 1. The Hall–Kier alpha value is -3.64. The highest BCUT2D eigenvalue weighted by Gasteiger charge is 2.56. The van der Waals surface area contributed by atoms with E-state index >= 15 is 0 Å². The summed E-state index contributed by atoms with van der Waals surface area (Å²) in [5.74, 6) is 1.83. The summed E-state index contributed by atoms with van der Waals surface area (Å²) in [7, 11) is -1.33. The number of ether oxygens (including phenoxy) is 1. The number of hydrogen-bond donors (Lipinski definition) is 1. The normalized spacial score (nSPS) is 20.8. The molecule has 3 aromatic rings. The Kier molecular flexibility index (Phi) is 5.25. The van der Waals surface area contributed by atoms with Gasteiger partial charge in [-0.1, -0.05) is 0 Å². The molecule has 1 atom stereocenters. The molecule has 0 spiro atoms. The molecule has 35 heavy (non-hydrogen) atoms. The molecule has 2 aliphatic heterocycles. The van der Waals surface area contributed by atoms with Crippen LogP contribution < -0.4 is 13.9 Å². The highest BCUT2D eigenvalue weighted by Crippen LogP contribution is 2.39. The molecule has 1 aromatic carbocycles. The average molecular weight is 500 g/mol. The van der Waals surface area contributed by atoms with E-state index in [0.29, 0.717) is 0 Å².